The maximum atomic E-state index is 12.2. The van der Waals surface area contributed by atoms with Gasteiger partial charge in [-0.25, -0.2) is 9.78 Å². The predicted octanol–water partition coefficient (Wildman–Crippen LogP) is 1.45. The standard InChI is InChI=1S/C18H26N4O3/c1-5-22-15-8-7-13(18(24)25-4)11-14(15)20-16(22)12-17(23)19-9-6-10-21(2)3/h7-8,11H,5-6,9-10,12H2,1-4H3,(H,19,23). The molecular weight excluding hydrogens is 320 g/mol. The average molecular weight is 346 g/mol. The van der Waals surface area contributed by atoms with E-state index < -0.39 is 5.97 Å². The van der Waals surface area contributed by atoms with Gasteiger partial charge in [-0.1, -0.05) is 0 Å². The largest absolute Gasteiger partial charge is 0.465 e. The van der Waals surface area contributed by atoms with Gasteiger partial charge >= 0.3 is 5.97 Å². The third-order valence-electron chi connectivity index (χ3n) is 3.99. The van der Waals surface area contributed by atoms with Crippen LogP contribution in [0.2, 0.25) is 0 Å². The van der Waals surface area contributed by atoms with Crippen molar-refractivity contribution >= 4 is 22.9 Å². The lowest BCUT2D eigenvalue weighted by Crippen LogP contribution is -2.29. The van der Waals surface area contributed by atoms with Crippen LogP contribution in [0.25, 0.3) is 11.0 Å². The van der Waals surface area contributed by atoms with Gasteiger partial charge in [-0.3, -0.25) is 4.79 Å². The van der Waals surface area contributed by atoms with Gasteiger partial charge < -0.3 is 19.5 Å². The van der Waals surface area contributed by atoms with Gasteiger partial charge in [0.1, 0.15) is 5.82 Å². The molecule has 0 aliphatic carbocycles. The fourth-order valence-corrected chi connectivity index (χ4v) is 2.74. The van der Waals surface area contributed by atoms with Crippen molar-refractivity contribution in [3.63, 3.8) is 0 Å². The molecule has 1 heterocycles. The first-order valence-corrected chi connectivity index (χ1v) is 8.45. The lowest BCUT2D eigenvalue weighted by molar-refractivity contribution is -0.120. The molecule has 136 valence electrons. The number of esters is 1. The highest BCUT2D eigenvalue weighted by Gasteiger charge is 2.15. The Labute approximate surface area is 148 Å². The Kier molecular flexibility index (Phi) is 6.52. The lowest BCUT2D eigenvalue weighted by Gasteiger charge is -2.10. The topological polar surface area (TPSA) is 76.5 Å². The summed E-state index contributed by atoms with van der Waals surface area (Å²) in [5.74, 6) is 0.259. The smallest absolute Gasteiger partial charge is 0.337 e. The fourth-order valence-electron chi connectivity index (χ4n) is 2.74. The first kappa shape index (κ1) is 18.9. The Balaban J connectivity index is 2.11. The van der Waals surface area contributed by atoms with E-state index in [2.05, 4.69) is 15.2 Å². The first-order chi connectivity index (χ1) is 12.0. The number of nitrogens with zero attached hydrogens (tertiary/aromatic N) is 3. The van der Waals surface area contributed by atoms with E-state index >= 15 is 0 Å². The van der Waals surface area contributed by atoms with Crippen molar-refractivity contribution in [1.29, 1.82) is 0 Å². The summed E-state index contributed by atoms with van der Waals surface area (Å²) in [6.45, 7) is 4.30. The van der Waals surface area contributed by atoms with Crippen LogP contribution < -0.4 is 5.32 Å². The molecule has 1 aromatic carbocycles. The summed E-state index contributed by atoms with van der Waals surface area (Å²) in [5, 5.41) is 2.93. The van der Waals surface area contributed by atoms with Crippen LogP contribution in [0.15, 0.2) is 18.2 Å². The number of hydrogen-bond acceptors (Lipinski definition) is 5. The summed E-state index contributed by atoms with van der Waals surface area (Å²) in [7, 11) is 5.37. The number of rotatable bonds is 8. The quantitative estimate of drug-likeness (QED) is 0.578. The Morgan fingerprint density at radius 1 is 1.32 bits per heavy atom. The number of aryl methyl sites for hydroxylation is 1. The molecule has 0 bridgehead atoms. The zero-order chi connectivity index (χ0) is 18.4. The molecule has 0 unspecified atom stereocenters. The first-order valence-electron chi connectivity index (χ1n) is 8.45. The van der Waals surface area contributed by atoms with Crippen LogP contribution in [0.3, 0.4) is 0 Å². The van der Waals surface area contributed by atoms with Crippen molar-refractivity contribution in [2.24, 2.45) is 0 Å². The summed E-state index contributed by atoms with van der Waals surface area (Å²) >= 11 is 0. The number of fused-ring (bicyclic) bond motifs is 1. The fraction of sp³-hybridized carbons (Fsp3) is 0.500. The minimum Gasteiger partial charge on any atom is -0.465 e. The van der Waals surface area contributed by atoms with Crippen molar-refractivity contribution in [1.82, 2.24) is 19.8 Å². The van der Waals surface area contributed by atoms with Crippen molar-refractivity contribution in [3.8, 4) is 0 Å². The molecule has 1 aromatic heterocycles. The van der Waals surface area contributed by atoms with Crippen LogP contribution in [0, 0.1) is 0 Å². The van der Waals surface area contributed by atoms with Crippen LogP contribution in [-0.4, -0.2) is 60.6 Å². The second-order valence-electron chi connectivity index (χ2n) is 6.15. The summed E-state index contributed by atoms with van der Waals surface area (Å²) in [6, 6.07) is 5.26. The van der Waals surface area contributed by atoms with E-state index in [4.69, 9.17) is 4.74 Å². The normalized spacial score (nSPS) is 11.1. The van der Waals surface area contributed by atoms with Gasteiger partial charge in [0.15, 0.2) is 0 Å². The number of aromatic nitrogens is 2. The maximum Gasteiger partial charge on any atom is 0.337 e. The van der Waals surface area contributed by atoms with Gasteiger partial charge in [-0.15, -0.1) is 0 Å². The number of carbonyl (C=O) groups excluding carboxylic acids is 2. The van der Waals surface area contributed by atoms with E-state index in [1.54, 1.807) is 12.1 Å². The van der Waals surface area contributed by atoms with Crippen molar-refractivity contribution in [3.05, 3.63) is 29.6 Å². The molecule has 0 aliphatic heterocycles. The van der Waals surface area contributed by atoms with Crippen LogP contribution in [0.1, 0.15) is 29.5 Å². The molecule has 0 atom stereocenters. The molecule has 25 heavy (non-hydrogen) atoms. The molecule has 1 amide bonds. The number of hydrogen-bond donors (Lipinski definition) is 1. The highest BCUT2D eigenvalue weighted by atomic mass is 16.5. The molecule has 2 aromatic rings. The Morgan fingerprint density at radius 2 is 2.08 bits per heavy atom. The minimum absolute atomic E-state index is 0.0445. The van der Waals surface area contributed by atoms with Crippen LogP contribution in [0.5, 0.6) is 0 Å². The lowest BCUT2D eigenvalue weighted by atomic mass is 10.2. The van der Waals surface area contributed by atoms with Crippen molar-refractivity contribution < 1.29 is 14.3 Å². The molecule has 0 saturated heterocycles. The van der Waals surface area contributed by atoms with Gasteiger partial charge in [-0.2, -0.15) is 0 Å². The monoisotopic (exact) mass is 346 g/mol. The van der Waals surface area contributed by atoms with E-state index in [1.807, 2.05) is 31.7 Å². The number of ether oxygens (including phenoxy) is 1. The number of benzene rings is 1. The number of imidazole rings is 1. The Hall–Kier alpha value is -2.41. The van der Waals surface area contributed by atoms with E-state index in [9.17, 15) is 9.59 Å². The number of nitrogens with one attached hydrogen (secondary N) is 1. The van der Waals surface area contributed by atoms with Crippen LogP contribution >= 0.6 is 0 Å². The second-order valence-corrected chi connectivity index (χ2v) is 6.15. The van der Waals surface area contributed by atoms with E-state index in [0.29, 0.717) is 30.0 Å². The zero-order valence-electron chi connectivity index (χ0n) is 15.3. The zero-order valence-corrected chi connectivity index (χ0v) is 15.3. The van der Waals surface area contributed by atoms with Gasteiger partial charge in [-0.05, 0) is 52.2 Å². The SMILES string of the molecule is CCn1c(CC(=O)NCCCN(C)C)nc2cc(C(=O)OC)ccc21. The summed E-state index contributed by atoms with van der Waals surface area (Å²) in [4.78, 5) is 30.5. The average Bonchev–Trinajstić information content (AvgIpc) is 2.93. The van der Waals surface area contributed by atoms with Gasteiger partial charge in [0.05, 0.1) is 30.1 Å². The van der Waals surface area contributed by atoms with Gasteiger partial charge in [0.2, 0.25) is 5.91 Å². The van der Waals surface area contributed by atoms with Gasteiger partial charge in [0.25, 0.3) is 0 Å². The molecule has 7 heteroatoms. The molecule has 1 N–H and O–H groups in total. The van der Waals surface area contributed by atoms with E-state index in [-0.39, 0.29) is 12.3 Å². The predicted molar refractivity (Wildman–Crippen MR) is 96.6 cm³/mol. The highest BCUT2D eigenvalue weighted by Crippen LogP contribution is 2.19. The van der Waals surface area contributed by atoms with Crippen molar-refractivity contribution in [2.75, 3.05) is 34.3 Å². The minimum atomic E-state index is -0.395. The maximum absolute atomic E-state index is 12.2. The summed E-state index contributed by atoms with van der Waals surface area (Å²) in [5.41, 5.74) is 2.06. The third kappa shape index (κ3) is 4.79. The van der Waals surface area contributed by atoms with Crippen LogP contribution in [-0.2, 0) is 22.5 Å². The van der Waals surface area contributed by atoms with E-state index in [0.717, 1.165) is 18.5 Å². The number of methoxy groups -OCH3 is 1. The molecule has 7 nitrogen and oxygen atoms in total. The highest BCUT2D eigenvalue weighted by molar-refractivity contribution is 5.93. The molecule has 0 spiro atoms. The van der Waals surface area contributed by atoms with Gasteiger partial charge in [0, 0.05) is 13.1 Å². The van der Waals surface area contributed by atoms with Crippen LogP contribution in [0.4, 0.5) is 0 Å². The number of amides is 1. The van der Waals surface area contributed by atoms with Crippen molar-refractivity contribution in [2.45, 2.75) is 26.3 Å². The second kappa shape index (κ2) is 8.62. The third-order valence-corrected chi connectivity index (χ3v) is 3.99. The van der Waals surface area contributed by atoms with E-state index in [1.165, 1.54) is 7.11 Å². The molecular formula is C18H26N4O3. The molecule has 0 aliphatic rings. The molecule has 0 fully saturated rings. The molecule has 0 saturated carbocycles. The molecule has 2 rings (SSSR count). The number of carbonyl (C=O) groups is 2. The Bertz CT molecular complexity index is 752. The molecule has 0 radical (unpaired) electrons. The summed E-state index contributed by atoms with van der Waals surface area (Å²) < 4.78 is 6.74. The Morgan fingerprint density at radius 3 is 2.72 bits per heavy atom. The summed E-state index contributed by atoms with van der Waals surface area (Å²) in [6.07, 6.45) is 1.13.